The minimum absolute atomic E-state index is 0. The lowest BCUT2D eigenvalue weighted by Crippen LogP contribution is -1.74. The molecule has 1 rings (SSSR count). The van der Waals surface area contributed by atoms with E-state index in [1.165, 1.54) is 6.26 Å². The van der Waals surface area contributed by atoms with Crippen LogP contribution in [-0.2, 0) is 0 Å². The van der Waals surface area contributed by atoms with Gasteiger partial charge >= 0.3 is 0 Å². The second-order valence-corrected chi connectivity index (χ2v) is 1.02. The fourth-order valence-electron chi connectivity index (χ4n) is 0.291. The van der Waals surface area contributed by atoms with Crippen LogP contribution in [0.5, 0.6) is 0 Å². The molecular formula is C4H6BrNO. The number of nitrogen functional groups attached to an aromatic ring is 1. The standard InChI is InChI=1S/C4H5NO.BrH/c5-4-2-1-3-6-4;/h1-3H,5H2;1H. The number of rotatable bonds is 0. The Balaban J connectivity index is 0.000000360. The number of halogens is 1. The Morgan fingerprint density at radius 2 is 2.29 bits per heavy atom. The van der Waals surface area contributed by atoms with Gasteiger partial charge in [0, 0.05) is 6.07 Å². The monoisotopic (exact) mass is 163 g/mol. The number of furan rings is 1. The lowest BCUT2D eigenvalue weighted by Gasteiger charge is -1.70. The van der Waals surface area contributed by atoms with Crippen LogP contribution in [0.1, 0.15) is 0 Å². The van der Waals surface area contributed by atoms with E-state index in [1.807, 2.05) is 0 Å². The highest BCUT2D eigenvalue weighted by Crippen LogP contribution is 1.97. The van der Waals surface area contributed by atoms with Gasteiger partial charge in [0.15, 0.2) is 5.88 Å². The van der Waals surface area contributed by atoms with E-state index in [-0.39, 0.29) is 17.0 Å². The molecule has 0 aliphatic carbocycles. The molecular weight excluding hydrogens is 158 g/mol. The van der Waals surface area contributed by atoms with Crippen LogP contribution in [0.15, 0.2) is 22.8 Å². The number of hydrogen-bond donors (Lipinski definition) is 1. The van der Waals surface area contributed by atoms with Crippen molar-refractivity contribution in [2.24, 2.45) is 0 Å². The van der Waals surface area contributed by atoms with E-state index in [1.54, 1.807) is 12.1 Å². The zero-order valence-corrected chi connectivity index (χ0v) is 5.34. The molecule has 40 valence electrons. The molecule has 3 heteroatoms. The van der Waals surface area contributed by atoms with E-state index >= 15 is 0 Å². The molecule has 0 amide bonds. The Morgan fingerprint density at radius 1 is 1.57 bits per heavy atom. The van der Waals surface area contributed by atoms with Gasteiger partial charge in [-0.25, -0.2) is 0 Å². The molecule has 0 aromatic carbocycles. The summed E-state index contributed by atoms with van der Waals surface area (Å²) in [5.41, 5.74) is 5.11. The molecule has 0 saturated heterocycles. The summed E-state index contributed by atoms with van der Waals surface area (Å²) in [5, 5.41) is 0. The summed E-state index contributed by atoms with van der Waals surface area (Å²) in [6.45, 7) is 0. The second kappa shape index (κ2) is 2.69. The first-order chi connectivity index (χ1) is 2.89. The minimum Gasteiger partial charge on any atom is -0.449 e. The molecule has 1 aromatic rings. The second-order valence-electron chi connectivity index (χ2n) is 1.02. The predicted molar refractivity (Wildman–Crippen MR) is 33.4 cm³/mol. The third-order valence-electron chi connectivity index (χ3n) is 0.543. The van der Waals surface area contributed by atoms with Crippen LogP contribution < -0.4 is 5.73 Å². The van der Waals surface area contributed by atoms with Crippen LogP contribution in [0.2, 0.25) is 0 Å². The van der Waals surface area contributed by atoms with Gasteiger partial charge in [0.25, 0.3) is 0 Å². The summed E-state index contributed by atoms with van der Waals surface area (Å²) in [5.74, 6) is 0.468. The first-order valence-electron chi connectivity index (χ1n) is 1.68. The van der Waals surface area contributed by atoms with Crippen molar-refractivity contribution in [1.82, 2.24) is 0 Å². The third-order valence-corrected chi connectivity index (χ3v) is 0.543. The van der Waals surface area contributed by atoms with E-state index in [4.69, 9.17) is 5.73 Å². The van der Waals surface area contributed by atoms with Gasteiger partial charge in [-0.05, 0) is 6.07 Å². The fourth-order valence-corrected chi connectivity index (χ4v) is 0.291. The Bertz CT molecular complexity index is 115. The lowest BCUT2D eigenvalue weighted by molar-refractivity contribution is 0.588. The van der Waals surface area contributed by atoms with Crippen LogP contribution in [0.4, 0.5) is 5.88 Å². The van der Waals surface area contributed by atoms with Gasteiger partial charge in [-0.1, -0.05) is 0 Å². The van der Waals surface area contributed by atoms with Gasteiger partial charge in [0.1, 0.15) is 0 Å². The maximum atomic E-state index is 5.11. The third kappa shape index (κ3) is 1.64. The molecule has 1 heterocycles. The Morgan fingerprint density at radius 3 is 2.43 bits per heavy atom. The van der Waals surface area contributed by atoms with E-state index in [0.29, 0.717) is 5.88 Å². The van der Waals surface area contributed by atoms with Crippen molar-refractivity contribution in [2.75, 3.05) is 5.73 Å². The van der Waals surface area contributed by atoms with Crippen molar-refractivity contribution in [3.05, 3.63) is 18.4 Å². The molecule has 2 N–H and O–H groups in total. The average Bonchev–Trinajstić information content (AvgIpc) is 1.86. The number of hydrogen-bond acceptors (Lipinski definition) is 2. The van der Waals surface area contributed by atoms with Crippen molar-refractivity contribution >= 4 is 22.9 Å². The van der Waals surface area contributed by atoms with Crippen LogP contribution in [0, 0.1) is 0 Å². The molecule has 0 aliphatic rings. The van der Waals surface area contributed by atoms with Crippen molar-refractivity contribution in [1.29, 1.82) is 0 Å². The first-order valence-corrected chi connectivity index (χ1v) is 1.68. The zero-order valence-electron chi connectivity index (χ0n) is 3.63. The average molecular weight is 164 g/mol. The smallest absolute Gasteiger partial charge is 0.190 e. The minimum atomic E-state index is 0. The van der Waals surface area contributed by atoms with Crippen molar-refractivity contribution in [2.45, 2.75) is 0 Å². The van der Waals surface area contributed by atoms with Gasteiger partial charge in [0.05, 0.1) is 6.26 Å². The summed E-state index contributed by atoms with van der Waals surface area (Å²) in [6, 6.07) is 3.44. The molecule has 0 aliphatic heterocycles. The molecule has 0 bridgehead atoms. The normalized spacial score (nSPS) is 7.43. The fraction of sp³-hybridized carbons (Fsp3) is 0. The molecule has 2 nitrogen and oxygen atoms in total. The van der Waals surface area contributed by atoms with Gasteiger partial charge in [0.2, 0.25) is 0 Å². The first kappa shape index (κ1) is 6.56. The molecule has 0 saturated carbocycles. The van der Waals surface area contributed by atoms with Gasteiger partial charge in [-0.3, -0.25) is 0 Å². The molecule has 0 atom stereocenters. The summed E-state index contributed by atoms with van der Waals surface area (Å²) >= 11 is 0. The Kier molecular flexibility index (Phi) is 2.52. The van der Waals surface area contributed by atoms with Gasteiger partial charge < -0.3 is 10.2 Å². The van der Waals surface area contributed by atoms with Crippen LogP contribution in [0.3, 0.4) is 0 Å². The zero-order chi connectivity index (χ0) is 4.41. The van der Waals surface area contributed by atoms with E-state index in [2.05, 4.69) is 4.42 Å². The maximum absolute atomic E-state index is 5.11. The molecule has 1 aromatic heterocycles. The highest BCUT2D eigenvalue weighted by Gasteiger charge is 1.76. The summed E-state index contributed by atoms with van der Waals surface area (Å²) in [6.07, 6.45) is 1.54. The van der Waals surface area contributed by atoms with Gasteiger partial charge in [-0.2, -0.15) is 0 Å². The SMILES string of the molecule is Br.Nc1ccco1. The molecule has 0 fully saturated rings. The lowest BCUT2D eigenvalue weighted by atomic mass is 10.6. The predicted octanol–water partition coefficient (Wildman–Crippen LogP) is 1.44. The molecule has 0 radical (unpaired) electrons. The highest BCUT2D eigenvalue weighted by molar-refractivity contribution is 8.93. The van der Waals surface area contributed by atoms with Crippen molar-refractivity contribution in [3.8, 4) is 0 Å². The quantitative estimate of drug-likeness (QED) is 0.629. The topological polar surface area (TPSA) is 39.2 Å². The van der Waals surface area contributed by atoms with Crippen LogP contribution in [0.25, 0.3) is 0 Å². The largest absolute Gasteiger partial charge is 0.449 e. The summed E-state index contributed by atoms with van der Waals surface area (Å²) in [4.78, 5) is 0. The van der Waals surface area contributed by atoms with Gasteiger partial charge in [-0.15, -0.1) is 17.0 Å². The maximum Gasteiger partial charge on any atom is 0.190 e. The highest BCUT2D eigenvalue weighted by atomic mass is 79.9. The van der Waals surface area contributed by atoms with Crippen molar-refractivity contribution in [3.63, 3.8) is 0 Å². The summed E-state index contributed by atoms with van der Waals surface area (Å²) in [7, 11) is 0. The van der Waals surface area contributed by atoms with Crippen LogP contribution >= 0.6 is 17.0 Å². The van der Waals surface area contributed by atoms with E-state index in [0.717, 1.165) is 0 Å². The summed E-state index contributed by atoms with van der Waals surface area (Å²) < 4.78 is 4.61. The van der Waals surface area contributed by atoms with Crippen molar-refractivity contribution < 1.29 is 4.42 Å². The number of anilines is 1. The Hall–Kier alpha value is -0.440. The molecule has 7 heavy (non-hydrogen) atoms. The van der Waals surface area contributed by atoms with E-state index < -0.39 is 0 Å². The van der Waals surface area contributed by atoms with E-state index in [9.17, 15) is 0 Å². The molecule has 0 spiro atoms. The van der Waals surface area contributed by atoms with Crippen LogP contribution in [-0.4, -0.2) is 0 Å². The number of nitrogens with two attached hydrogens (primary N) is 1. The Labute approximate surface area is 52.1 Å². The molecule has 0 unspecified atom stereocenters.